The number of hydrogen-bond acceptors (Lipinski definition) is 2. The molecule has 0 heterocycles. The highest BCUT2D eigenvalue weighted by atomic mass is 19.2. The first-order valence-electron chi connectivity index (χ1n) is 5.22. The number of amides is 1. The fourth-order valence-corrected chi connectivity index (χ4v) is 1.76. The Morgan fingerprint density at radius 2 is 1.86 bits per heavy atom. The standard InChI is InChI=1S/C10H16FNO2/c1-9(6-7-9)12-8(13)14-10(11)4-2-3-5-10/h2-7H2,1H3,(H,12,13). The number of alkyl carbamates (subject to hydrolysis) is 1. The molecule has 4 heteroatoms. The highest BCUT2D eigenvalue weighted by Crippen LogP contribution is 2.37. The maximum atomic E-state index is 13.7. The van der Waals surface area contributed by atoms with Gasteiger partial charge in [0.05, 0.1) is 0 Å². The Morgan fingerprint density at radius 3 is 2.36 bits per heavy atom. The molecule has 0 aromatic heterocycles. The fourth-order valence-electron chi connectivity index (χ4n) is 1.76. The first-order valence-corrected chi connectivity index (χ1v) is 5.22. The number of ether oxygens (including phenoxy) is 1. The van der Waals surface area contributed by atoms with Crippen LogP contribution >= 0.6 is 0 Å². The maximum absolute atomic E-state index is 13.7. The van der Waals surface area contributed by atoms with Crippen LogP contribution in [0.3, 0.4) is 0 Å². The van der Waals surface area contributed by atoms with Crippen molar-refractivity contribution in [3.63, 3.8) is 0 Å². The molecule has 3 nitrogen and oxygen atoms in total. The Balaban J connectivity index is 1.81. The molecule has 0 unspecified atom stereocenters. The number of carbonyl (C=O) groups is 1. The van der Waals surface area contributed by atoms with Crippen LogP contribution in [0.1, 0.15) is 45.4 Å². The molecule has 0 aromatic rings. The summed E-state index contributed by atoms with van der Waals surface area (Å²) in [7, 11) is 0. The third kappa shape index (κ3) is 2.16. The van der Waals surface area contributed by atoms with Gasteiger partial charge in [-0.05, 0) is 32.6 Å². The van der Waals surface area contributed by atoms with Gasteiger partial charge >= 0.3 is 6.09 Å². The second-order valence-corrected chi connectivity index (χ2v) is 4.67. The van der Waals surface area contributed by atoms with Crippen molar-refractivity contribution < 1.29 is 13.9 Å². The zero-order valence-electron chi connectivity index (χ0n) is 8.44. The number of rotatable bonds is 2. The topological polar surface area (TPSA) is 38.3 Å². The Labute approximate surface area is 83.0 Å². The van der Waals surface area contributed by atoms with Crippen molar-refractivity contribution in [1.29, 1.82) is 0 Å². The zero-order chi connectivity index (χ0) is 10.2. The molecule has 0 radical (unpaired) electrons. The number of hydrogen-bond donors (Lipinski definition) is 1. The van der Waals surface area contributed by atoms with Gasteiger partial charge in [0.2, 0.25) is 0 Å². The largest absolute Gasteiger partial charge is 0.412 e. The summed E-state index contributed by atoms with van der Waals surface area (Å²) in [5, 5.41) is 2.68. The quantitative estimate of drug-likeness (QED) is 0.745. The first kappa shape index (κ1) is 9.74. The van der Waals surface area contributed by atoms with Crippen molar-refractivity contribution in [2.75, 3.05) is 0 Å². The van der Waals surface area contributed by atoms with Crippen LogP contribution in [0.4, 0.5) is 9.18 Å². The maximum Gasteiger partial charge on any atom is 0.410 e. The average molecular weight is 201 g/mol. The molecule has 2 aliphatic rings. The fraction of sp³-hybridized carbons (Fsp3) is 0.900. The molecule has 2 rings (SSSR count). The third-order valence-corrected chi connectivity index (χ3v) is 3.03. The summed E-state index contributed by atoms with van der Waals surface area (Å²) >= 11 is 0. The van der Waals surface area contributed by atoms with Crippen LogP contribution in [0.2, 0.25) is 0 Å². The zero-order valence-corrected chi connectivity index (χ0v) is 8.44. The van der Waals surface area contributed by atoms with E-state index in [9.17, 15) is 9.18 Å². The third-order valence-electron chi connectivity index (χ3n) is 3.03. The van der Waals surface area contributed by atoms with Crippen molar-refractivity contribution in [2.24, 2.45) is 0 Å². The molecular formula is C10H16FNO2. The van der Waals surface area contributed by atoms with Crippen LogP contribution in [0.25, 0.3) is 0 Å². The normalized spacial score (nSPS) is 27.0. The molecule has 2 fully saturated rings. The van der Waals surface area contributed by atoms with E-state index < -0.39 is 11.9 Å². The molecule has 2 saturated carbocycles. The van der Waals surface area contributed by atoms with Gasteiger partial charge in [-0.1, -0.05) is 0 Å². The van der Waals surface area contributed by atoms with Crippen molar-refractivity contribution in [2.45, 2.75) is 56.8 Å². The summed E-state index contributed by atoms with van der Waals surface area (Å²) in [4.78, 5) is 11.3. The number of alkyl halides is 1. The molecule has 0 aromatic carbocycles. The molecule has 80 valence electrons. The molecular weight excluding hydrogens is 185 g/mol. The van der Waals surface area contributed by atoms with Crippen LogP contribution in [0.5, 0.6) is 0 Å². The smallest absolute Gasteiger partial charge is 0.410 e. The Bertz CT molecular complexity index is 245. The highest BCUT2D eigenvalue weighted by molar-refractivity contribution is 5.69. The van der Waals surface area contributed by atoms with Crippen LogP contribution in [0, 0.1) is 0 Å². The summed E-state index contributed by atoms with van der Waals surface area (Å²) in [6.07, 6.45) is 3.62. The van der Waals surface area contributed by atoms with Gasteiger partial charge in [-0.3, -0.25) is 0 Å². The van der Waals surface area contributed by atoms with E-state index in [2.05, 4.69) is 5.32 Å². The van der Waals surface area contributed by atoms with Crippen molar-refractivity contribution >= 4 is 6.09 Å². The van der Waals surface area contributed by atoms with Crippen LogP contribution in [-0.4, -0.2) is 17.5 Å². The van der Waals surface area contributed by atoms with E-state index in [0.717, 1.165) is 25.7 Å². The molecule has 0 atom stereocenters. The SMILES string of the molecule is CC1(NC(=O)OC2(F)CCCC2)CC1. The summed E-state index contributed by atoms with van der Waals surface area (Å²) < 4.78 is 18.5. The van der Waals surface area contributed by atoms with E-state index in [1.54, 1.807) is 0 Å². The van der Waals surface area contributed by atoms with E-state index in [-0.39, 0.29) is 5.54 Å². The van der Waals surface area contributed by atoms with Gasteiger partial charge < -0.3 is 10.1 Å². The minimum Gasteiger partial charge on any atom is -0.412 e. The van der Waals surface area contributed by atoms with Crippen molar-refractivity contribution in [3.8, 4) is 0 Å². The molecule has 0 spiro atoms. The first-order chi connectivity index (χ1) is 6.52. The predicted molar refractivity (Wildman–Crippen MR) is 49.6 cm³/mol. The van der Waals surface area contributed by atoms with Crippen molar-refractivity contribution in [1.82, 2.24) is 5.32 Å². The minimum absolute atomic E-state index is 0.133. The lowest BCUT2D eigenvalue weighted by Crippen LogP contribution is -2.39. The lowest BCUT2D eigenvalue weighted by atomic mass is 10.3. The average Bonchev–Trinajstić information content (AvgIpc) is 2.60. The van der Waals surface area contributed by atoms with E-state index in [4.69, 9.17) is 4.74 Å². The summed E-state index contributed by atoms with van der Waals surface area (Å²) in [5.41, 5.74) is -0.133. The Morgan fingerprint density at radius 1 is 1.29 bits per heavy atom. The van der Waals surface area contributed by atoms with E-state index in [1.807, 2.05) is 6.92 Å². The van der Waals surface area contributed by atoms with Crippen molar-refractivity contribution in [3.05, 3.63) is 0 Å². The van der Waals surface area contributed by atoms with Gasteiger partial charge in [0.25, 0.3) is 5.85 Å². The van der Waals surface area contributed by atoms with Gasteiger partial charge in [-0.2, -0.15) is 4.39 Å². The molecule has 14 heavy (non-hydrogen) atoms. The molecule has 0 saturated heterocycles. The van der Waals surface area contributed by atoms with Crippen LogP contribution in [0.15, 0.2) is 0 Å². The molecule has 2 aliphatic carbocycles. The van der Waals surface area contributed by atoms with E-state index >= 15 is 0 Å². The summed E-state index contributed by atoms with van der Waals surface area (Å²) in [5.74, 6) is -1.70. The second kappa shape index (κ2) is 3.11. The number of halogens is 1. The Kier molecular flexibility index (Phi) is 2.16. The van der Waals surface area contributed by atoms with Gasteiger partial charge in [-0.25, -0.2) is 4.79 Å². The van der Waals surface area contributed by atoms with Crippen LogP contribution < -0.4 is 5.32 Å². The van der Waals surface area contributed by atoms with Gasteiger partial charge in [0, 0.05) is 18.4 Å². The highest BCUT2D eigenvalue weighted by Gasteiger charge is 2.42. The van der Waals surface area contributed by atoms with Gasteiger partial charge in [0.1, 0.15) is 0 Å². The molecule has 1 amide bonds. The van der Waals surface area contributed by atoms with Crippen LogP contribution in [-0.2, 0) is 4.74 Å². The Hall–Kier alpha value is -0.800. The second-order valence-electron chi connectivity index (χ2n) is 4.67. The number of carbonyl (C=O) groups excluding carboxylic acids is 1. The lowest BCUT2D eigenvalue weighted by molar-refractivity contribution is -0.0894. The minimum atomic E-state index is -1.70. The van der Waals surface area contributed by atoms with Gasteiger partial charge in [-0.15, -0.1) is 0 Å². The van der Waals surface area contributed by atoms with E-state index in [1.165, 1.54) is 0 Å². The lowest BCUT2D eigenvalue weighted by Gasteiger charge is -2.21. The van der Waals surface area contributed by atoms with E-state index in [0.29, 0.717) is 12.8 Å². The number of nitrogens with one attached hydrogen (secondary N) is 1. The molecule has 0 bridgehead atoms. The molecule has 1 N–H and O–H groups in total. The molecule has 0 aliphatic heterocycles. The summed E-state index contributed by atoms with van der Waals surface area (Å²) in [6, 6.07) is 0. The predicted octanol–water partition coefficient (Wildman–Crippen LogP) is 2.50. The van der Waals surface area contributed by atoms with Gasteiger partial charge in [0.15, 0.2) is 0 Å². The monoisotopic (exact) mass is 201 g/mol. The summed E-state index contributed by atoms with van der Waals surface area (Å²) in [6.45, 7) is 1.94.